The molecule has 3 rings (SSSR count). The number of fused-ring (bicyclic) bond motifs is 1. The molecule has 1 aliphatic carbocycles. The summed E-state index contributed by atoms with van der Waals surface area (Å²) < 4.78 is 84.7. The Morgan fingerprint density at radius 3 is 2.39 bits per heavy atom. The molecule has 172 valence electrons. The Hall–Kier alpha value is -1.20. The van der Waals surface area contributed by atoms with Gasteiger partial charge in [-0.3, -0.25) is 4.57 Å². The molecule has 1 fully saturated rings. The van der Waals surface area contributed by atoms with Gasteiger partial charge in [0.2, 0.25) is 0 Å². The van der Waals surface area contributed by atoms with Gasteiger partial charge in [0.15, 0.2) is 0 Å². The minimum atomic E-state index is -4.92. The van der Waals surface area contributed by atoms with Crippen molar-refractivity contribution in [2.45, 2.75) is 31.9 Å². The van der Waals surface area contributed by atoms with Crippen LogP contribution in [0.5, 0.6) is 5.75 Å². The number of alkyl halides is 4. The molecule has 0 radical (unpaired) electrons. The van der Waals surface area contributed by atoms with Crippen molar-refractivity contribution in [2.75, 3.05) is 19.8 Å². The molecule has 13 heteroatoms. The number of halogens is 5. The van der Waals surface area contributed by atoms with Crippen molar-refractivity contribution in [2.24, 2.45) is 5.92 Å². The highest BCUT2D eigenvalue weighted by atomic mass is 79.9. The van der Waals surface area contributed by atoms with Crippen LogP contribution < -0.4 is 4.74 Å². The van der Waals surface area contributed by atoms with Gasteiger partial charge in [-0.2, -0.15) is 8.78 Å². The van der Waals surface area contributed by atoms with E-state index in [1.165, 1.54) is 13.8 Å². The first-order valence-corrected chi connectivity index (χ1v) is 12.3. The molecule has 2 aromatic rings. The summed E-state index contributed by atoms with van der Waals surface area (Å²) in [6.45, 7) is 1.80. The van der Waals surface area contributed by atoms with Gasteiger partial charge in [0.1, 0.15) is 10.6 Å². The second kappa shape index (κ2) is 8.62. The maximum atomic E-state index is 15.3. The van der Waals surface area contributed by atoms with E-state index in [0.29, 0.717) is 11.3 Å². The average Bonchev–Trinajstić information content (AvgIpc) is 3.14. The molecular formula is C18H18BrF4O6PS. The molecule has 1 aliphatic rings. The van der Waals surface area contributed by atoms with E-state index < -0.39 is 42.6 Å². The summed E-state index contributed by atoms with van der Waals surface area (Å²) in [6.07, 6.45) is -0.363. The van der Waals surface area contributed by atoms with Gasteiger partial charge in [-0.1, -0.05) is 0 Å². The molecule has 0 bridgehead atoms. The molecule has 1 aromatic heterocycles. The van der Waals surface area contributed by atoms with Crippen LogP contribution in [0.25, 0.3) is 10.1 Å². The van der Waals surface area contributed by atoms with E-state index in [2.05, 4.69) is 15.9 Å². The first-order valence-electron chi connectivity index (χ1n) is 9.15. The zero-order valence-electron chi connectivity index (χ0n) is 16.3. The van der Waals surface area contributed by atoms with Gasteiger partial charge >= 0.3 is 19.2 Å². The molecule has 1 heterocycles. The number of carboxylic acid groups (broad SMARTS) is 1. The molecule has 1 atom stereocenters. The van der Waals surface area contributed by atoms with Gasteiger partial charge in [-0.05, 0) is 41.9 Å². The number of carboxylic acids is 1. The highest BCUT2D eigenvalue weighted by Gasteiger charge is 2.58. The Morgan fingerprint density at radius 2 is 1.90 bits per heavy atom. The van der Waals surface area contributed by atoms with Gasteiger partial charge < -0.3 is 18.9 Å². The fraction of sp³-hybridized carbons (Fsp3) is 0.500. The predicted molar refractivity (Wildman–Crippen MR) is 110 cm³/mol. The third kappa shape index (κ3) is 4.50. The fourth-order valence-corrected chi connectivity index (χ4v) is 6.88. The van der Waals surface area contributed by atoms with E-state index in [1.807, 2.05) is 0 Å². The maximum Gasteiger partial charge on any atom is 0.405 e. The summed E-state index contributed by atoms with van der Waals surface area (Å²) in [6, 6.07) is 2.23. The second-order valence-corrected chi connectivity index (χ2v) is 10.6. The van der Waals surface area contributed by atoms with E-state index in [1.54, 1.807) is 0 Å². The van der Waals surface area contributed by atoms with Crippen LogP contribution in [0, 0.1) is 5.92 Å². The normalized spacial score (nSPS) is 18.4. The largest absolute Gasteiger partial charge is 0.492 e. The number of benzene rings is 1. The van der Waals surface area contributed by atoms with Crippen molar-refractivity contribution >= 4 is 50.9 Å². The van der Waals surface area contributed by atoms with E-state index in [9.17, 15) is 23.2 Å². The summed E-state index contributed by atoms with van der Waals surface area (Å²) in [7, 11) is -4.92. The molecule has 0 saturated heterocycles. The Morgan fingerprint density at radius 1 is 1.32 bits per heavy atom. The summed E-state index contributed by atoms with van der Waals surface area (Å²) in [5.41, 5.74) is -4.35. The second-order valence-electron chi connectivity index (χ2n) is 6.75. The lowest BCUT2D eigenvalue weighted by Gasteiger charge is -2.25. The highest BCUT2D eigenvalue weighted by molar-refractivity contribution is 9.10. The lowest BCUT2D eigenvalue weighted by Crippen LogP contribution is -2.17. The van der Waals surface area contributed by atoms with Crippen molar-refractivity contribution in [3.63, 3.8) is 0 Å². The summed E-state index contributed by atoms with van der Waals surface area (Å²) >= 11 is 3.53. The fourth-order valence-electron chi connectivity index (χ4n) is 2.87. The van der Waals surface area contributed by atoms with Crippen molar-refractivity contribution in [3.05, 3.63) is 27.0 Å². The van der Waals surface area contributed by atoms with Crippen LogP contribution in [-0.4, -0.2) is 36.8 Å². The summed E-state index contributed by atoms with van der Waals surface area (Å²) in [5.74, 6) is -5.38. The van der Waals surface area contributed by atoms with E-state index in [-0.39, 0.29) is 45.5 Å². The van der Waals surface area contributed by atoms with Gasteiger partial charge in [-0.15, -0.1) is 11.3 Å². The third-order valence-electron chi connectivity index (χ3n) is 4.55. The number of hydrogen-bond donors (Lipinski definition) is 1. The number of thiophene rings is 1. The summed E-state index contributed by atoms with van der Waals surface area (Å²) in [4.78, 5) is 10.8. The van der Waals surface area contributed by atoms with Gasteiger partial charge in [0.05, 0.1) is 36.0 Å². The number of hydrogen-bond acceptors (Lipinski definition) is 6. The van der Waals surface area contributed by atoms with Crippen LogP contribution in [0.15, 0.2) is 16.6 Å². The van der Waals surface area contributed by atoms with Crippen LogP contribution in [-0.2, 0) is 19.3 Å². The number of aromatic carboxylic acids is 1. The number of rotatable bonds is 10. The molecule has 31 heavy (non-hydrogen) atoms. The lowest BCUT2D eigenvalue weighted by molar-refractivity contribution is 0.0387. The van der Waals surface area contributed by atoms with Crippen molar-refractivity contribution in [1.29, 1.82) is 0 Å². The SMILES string of the molecule is CCOP(=O)(OCC)C(F)(F)c1sc2c(OCC3CC3(F)F)cc(C(=O)O)cc2c1Br. The molecule has 6 nitrogen and oxygen atoms in total. The topological polar surface area (TPSA) is 82.1 Å². The number of carbonyl (C=O) groups is 1. The quantitative estimate of drug-likeness (QED) is 0.262. The van der Waals surface area contributed by atoms with Gasteiger partial charge in [-0.25, -0.2) is 13.6 Å². The molecule has 0 spiro atoms. The zero-order valence-corrected chi connectivity index (χ0v) is 19.6. The third-order valence-corrected chi connectivity index (χ3v) is 9.19. The van der Waals surface area contributed by atoms with Crippen molar-refractivity contribution in [1.82, 2.24) is 0 Å². The average molecular weight is 549 g/mol. The molecule has 0 aliphatic heterocycles. The molecular weight excluding hydrogens is 531 g/mol. The zero-order chi connectivity index (χ0) is 23.2. The Bertz CT molecular complexity index is 1050. The van der Waals surface area contributed by atoms with Crippen LogP contribution in [0.3, 0.4) is 0 Å². The van der Waals surface area contributed by atoms with E-state index in [0.717, 1.165) is 12.1 Å². The van der Waals surface area contributed by atoms with Crippen LogP contribution >= 0.6 is 34.9 Å². The van der Waals surface area contributed by atoms with Gasteiger partial charge in [0.25, 0.3) is 5.92 Å². The minimum Gasteiger partial charge on any atom is -0.492 e. The monoisotopic (exact) mass is 548 g/mol. The van der Waals surface area contributed by atoms with Crippen molar-refractivity contribution in [3.8, 4) is 5.75 Å². The van der Waals surface area contributed by atoms with E-state index in [4.69, 9.17) is 13.8 Å². The minimum absolute atomic E-state index is 0.0525. The lowest BCUT2D eigenvalue weighted by atomic mass is 10.1. The maximum absolute atomic E-state index is 15.3. The van der Waals surface area contributed by atoms with Crippen LogP contribution in [0.1, 0.15) is 35.5 Å². The first-order chi connectivity index (χ1) is 14.4. The molecule has 0 amide bonds. The van der Waals surface area contributed by atoms with E-state index >= 15 is 8.78 Å². The predicted octanol–water partition coefficient (Wildman–Crippen LogP) is 6.71. The standard InChI is InChI=1S/C18H18BrF4O6PS/c1-3-28-30(26,29-4-2)18(22,23)15-13(19)11-5-9(16(24)25)6-12(14(11)31-15)27-8-10-7-17(10,20)21/h5-6,10H,3-4,7-8H2,1-2H3,(H,24,25). The Balaban J connectivity index is 2.11. The number of ether oxygens (including phenoxy) is 1. The van der Waals surface area contributed by atoms with Crippen LogP contribution in [0.4, 0.5) is 17.6 Å². The Kier molecular flexibility index (Phi) is 6.80. The molecule has 1 N–H and O–H groups in total. The highest BCUT2D eigenvalue weighted by Crippen LogP contribution is 2.69. The first kappa shape index (κ1) is 24.4. The molecule has 1 saturated carbocycles. The molecule has 1 aromatic carbocycles. The van der Waals surface area contributed by atoms with Gasteiger partial charge in [0, 0.05) is 16.3 Å². The van der Waals surface area contributed by atoms with Crippen molar-refractivity contribution < 1.29 is 45.8 Å². The summed E-state index contributed by atoms with van der Waals surface area (Å²) in [5, 5.41) is 9.40. The smallest absolute Gasteiger partial charge is 0.405 e. The van der Waals surface area contributed by atoms with Crippen LogP contribution in [0.2, 0.25) is 0 Å². The Labute approximate surface area is 187 Å². The molecule has 1 unspecified atom stereocenters.